The van der Waals surface area contributed by atoms with Crippen molar-refractivity contribution in [2.24, 2.45) is 5.73 Å². The summed E-state index contributed by atoms with van der Waals surface area (Å²) in [7, 11) is -4.79. The second-order valence-electron chi connectivity index (χ2n) is 16.0. The Hall–Kier alpha value is -5.94. The fourth-order valence-corrected chi connectivity index (χ4v) is 6.34. The molecule has 0 heterocycles. The zero-order valence-corrected chi connectivity index (χ0v) is 44.5. The van der Waals surface area contributed by atoms with Crippen molar-refractivity contribution in [1.29, 1.82) is 0 Å². The van der Waals surface area contributed by atoms with Gasteiger partial charge in [-0.1, -0.05) is 207 Å². The lowest BCUT2D eigenvalue weighted by atomic mass is 10.2. The monoisotopic (exact) mass is 1020 g/mol. The van der Waals surface area contributed by atoms with E-state index in [9.17, 15) is 23.8 Å². The van der Waals surface area contributed by atoms with Gasteiger partial charge in [0.2, 0.25) is 0 Å². The van der Waals surface area contributed by atoms with Crippen molar-refractivity contribution >= 4 is 25.7 Å². The largest absolute Gasteiger partial charge is 0.480 e. The number of esters is 2. The Morgan fingerprint density at radius 2 is 0.644 bits per heavy atom. The topological polar surface area (TPSA) is 172 Å². The predicted molar refractivity (Wildman–Crippen MR) is 303 cm³/mol. The van der Waals surface area contributed by atoms with Gasteiger partial charge in [0, 0.05) is 0 Å². The third kappa shape index (κ3) is 52.2. The van der Waals surface area contributed by atoms with Crippen molar-refractivity contribution in [3.05, 3.63) is 207 Å². The summed E-state index contributed by atoms with van der Waals surface area (Å²) in [5, 5.41) is 8.92. The zero-order valence-electron chi connectivity index (χ0n) is 43.6. The molecule has 4 N–H and O–H groups in total. The van der Waals surface area contributed by atoms with E-state index in [1.165, 1.54) is 0 Å². The van der Waals surface area contributed by atoms with Crippen LogP contribution in [-0.4, -0.2) is 59.9 Å². The molecule has 3 atom stereocenters. The summed E-state index contributed by atoms with van der Waals surface area (Å²) in [5.74, 6) is -2.73. The average Bonchev–Trinajstić information content (AvgIpc) is 3.37. The van der Waals surface area contributed by atoms with Gasteiger partial charge in [0.05, 0.1) is 26.1 Å². The zero-order chi connectivity index (χ0) is 53.4. The minimum atomic E-state index is -4.79. The van der Waals surface area contributed by atoms with Crippen LogP contribution in [0.1, 0.15) is 123 Å². The molecule has 0 aromatic heterocycles. The fourth-order valence-electron chi connectivity index (χ4n) is 5.56. The van der Waals surface area contributed by atoms with Gasteiger partial charge < -0.3 is 25.2 Å². The maximum Gasteiger partial charge on any atom is 0.472 e. The van der Waals surface area contributed by atoms with Crippen LogP contribution in [0.25, 0.3) is 0 Å². The number of hydrogen-bond acceptors (Lipinski definition) is 9. The van der Waals surface area contributed by atoms with Gasteiger partial charge in [0.25, 0.3) is 0 Å². The van der Waals surface area contributed by atoms with Crippen LogP contribution in [0.5, 0.6) is 0 Å². The van der Waals surface area contributed by atoms with Crippen LogP contribution in [0.15, 0.2) is 207 Å². The quantitative estimate of drug-likeness (QED) is 0.0301. The summed E-state index contributed by atoms with van der Waals surface area (Å²) in [6.45, 7) is 2.13. The number of nitrogens with two attached hydrogens (primary N) is 1. The maximum absolute atomic E-state index is 12.6. The molecule has 0 aliphatic rings. The fraction of sp³-hybridized carbons (Fsp3) is 0.393. The first kappa shape index (κ1) is 67.1. The molecule has 11 nitrogen and oxygen atoms in total. The van der Waals surface area contributed by atoms with E-state index in [-0.39, 0.29) is 12.8 Å². The van der Waals surface area contributed by atoms with Crippen LogP contribution in [0.3, 0.4) is 0 Å². The Balaban J connectivity index is 4.59. The molecule has 0 saturated carbocycles. The lowest BCUT2D eigenvalue weighted by Gasteiger charge is -2.20. The molecule has 0 aliphatic heterocycles. The molecule has 0 bridgehead atoms. The Bertz CT molecular complexity index is 2020. The summed E-state index contributed by atoms with van der Waals surface area (Å²) in [4.78, 5) is 46.1. The number of carboxylic acids is 1. The number of hydrogen-bond donors (Lipinski definition) is 3. The highest BCUT2D eigenvalue weighted by Gasteiger charge is 2.28. The maximum atomic E-state index is 12.6. The van der Waals surface area contributed by atoms with Gasteiger partial charge in [-0.3, -0.25) is 23.4 Å². The third-order valence-electron chi connectivity index (χ3n) is 9.51. The van der Waals surface area contributed by atoms with Crippen molar-refractivity contribution < 1.29 is 47.5 Å². The van der Waals surface area contributed by atoms with Gasteiger partial charge in [-0.15, -0.1) is 0 Å². The minimum absolute atomic E-state index is 0.0494. The molecule has 400 valence electrons. The minimum Gasteiger partial charge on any atom is -0.480 e. The second-order valence-corrected chi connectivity index (χ2v) is 17.4. The summed E-state index contributed by atoms with van der Waals surface area (Å²) < 4.78 is 32.6. The Morgan fingerprint density at radius 1 is 0.397 bits per heavy atom. The standard InChI is InChI=1S/C61H86NO10P/c1-3-5-7-9-11-13-15-17-19-21-23-25-27-28-29-31-32-34-36-38-40-42-44-46-48-50-52-59(63)69-54-57(55-70-73(67,68)71-56-58(62)61(65)66)72-60(64)53-51-49-47-45-43-41-39-37-35-33-30-26-24-22-20-18-16-14-12-10-8-6-4-2/h3-6,9-12,15-18,21-24,27-28,30-33,36-39,42-45,48-51,57-58H,7-8,13-14,19-20,25-26,29,34-35,40-41,46-47,52-56,62H2,1-2H3,(H,65,66)(H,67,68)/t57-,58+/m1/s1. The van der Waals surface area contributed by atoms with E-state index >= 15 is 0 Å². The van der Waals surface area contributed by atoms with Gasteiger partial charge in [-0.05, 0) is 110 Å². The van der Waals surface area contributed by atoms with Gasteiger partial charge in [-0.25, -0.2) is 4.57 Å². The number of ether oxygens (including phenoxy) is 2. The van der Waals surface area contributed by atoms with Gasteiger partial charge in [-0.2, -0.15) is 0 Å². The smallest absolute Gasteiger partial charge is 0.472 e. The normalized spacial score (nSPS) is 15.1. The number of aliphatic carboxylic acids is 1. The first-order valence-electron chi connectivity index (χ1n) is 25.5. The highest BCUT2D eigenvalue weighted by atomic mass is 31.2. The first-order chi connectivity index (χ1) is 35.6. The number of allylic oxidation sites excluding steroid dienone is 32. The molecule has 0 rings (SSSR count). The van der Waals surface area contributed by atoms with Crippen molar-refractivity contribution in [2.75, 3.05) is 19.8 Å². The van der Waals surface area contributed by atoms with E-state index < -0.39 is 57.7 Å². The van der Waals surface area contributed by atoms with Gasteiger partial charge in [0.1, 0.15) is 12.6 Å². The van der Waals surface area contributed by atoms with Crippen molar-refractivity contribution in [3.63, 3.8) is 0 Å². The lowest BCUT2D eigenvalue weighted by molar-refractivity contribution is -0.160. The SMILES string of the molecule is CC=CCC=CCC=CCC=CCC=CCC=CCC=CCC=CCC=CCC(=O)OC[C@H](COP(=O)(O)OC[C@H](N)C(=O)O)OC(=O)CC=CCC=CCC=CCC=CCC=CCC=CCC=CCC=CC. The van der Waals surface area contributed by atoms with E-state index in [1.807, 2.05) is 44.2 Å². The van der Waals surface area contributed by atoms with Crippen molar-refractivity contribution in [1.82, 2.24) is 0 Å². The lowest BCUT2D eigenvalue weighted by Crippen LogP contribution is -2.34. The number of phosphoric acid groups is 1. The first-order valence-corrected chi connectivity index (χ1v) is 27.0. The molecule has 0 aromatic rings. The molecule has 0 amide bonds. The number of phosphoric ester groups is 1. The Morgan fingerprint density at radius 3 is 0.918 bits per heavy atom. The van der Waals surface area contributed by atoms with E-state index in [0.717, 1.165) is 83.5 Å². The molecule has 0 fully saturated rings. The molecule has 0 aliphatic carbocycles. The molecule has 0 spiro atoms. The second kappa shape index (κ2) is 52.4. The Labute approximate surface area is 438 Å². The summed E-state index contributed by atoms with van der Waals surface area (Å²) in [5.41, 5.74) is 5.34. The van der Waals surface area contributed by atoms with Crippen molar-refractivity contribution in [3.8, 4) is 0 Å². The Kier molecular flexibility index (Phi) is 48.1. The predicted octanol–water partition coefficient (Wildman–Crippen LogP) is 15.1. The molecule has 0 radical (unpaired) electrons. The molecule has 12 heteroatoms. The summed E-state index contributed by atoms with van der Waals surface area (Å²) in [6.07, 6.45) is 82.5. The van der Waals surface area contributed by atoms with E-state index in [1.54, 1.807) is 18.2 Å². The highest BCUT2D eigenvalue weighted by molar-refractivity contribution is 7.47. The third-order valence-corrected chi connectivity index (χ3v) is 10.5. The van der Waals surface area contributed by atoms with Crippen LogP contribution in [-0.2, 0) is 37.5 Å². The molecule has 0 saturated heterocycles. The number of carbonyl (C=O) groups excluding carboxylic acids is 2. The molecular formula is C61H86NO10P. The van der Waals surface area contributed by atoms with E-state index in [0.29, 0.717) is 12.8 Å². The number of carboxylic acid groups (broad SMARTS) is 1. The van der Waals surface area contributed by atoms with Crippen LogP contribution in [0.4, 0.5) is 0 Å². The molecule has 1 unspecified atom stereocenters. The molecular weight excluding hydrogens is 938 g/mol. The van der Waals surface area contributed by atoms with E-state index in [2.05, 4.69) is 163 Å². The van der Waals surface area contributed by atoms with Crippen LogP contribution in [0.2, 0.25) is 0 Å². The van der Waals surface area contributed by atoms with Crippen LogP contribution in [0, 0.1) is 0 Å². The van der Waals surface area contributed by atoms with Gasteiger partial charge >= 0.3 is 25.7 Å². The highest BCUT2D eigenvalue weighted by Crippen LogP contribution is 2.43. The summed E-state index contributed by atoms with van der Waals surface area (Å²) in [6, 6.07) is -1.56. The van der Waals surface area contributed by atoms with Crippen molar-refractivity contribution in [2.45, 2.75) is 135 Å². The summed E-state index contributed by atoms with van der Waals surface area (Å²) >= 11 is 0. The van der Waals surface area contributed by atoms with Crippen LogP contribution < -0.4 is 5.73 Å². The average molecular weight is 1020 g/mol. The number of carbonyl (C=O) groups is 3. The molecule has 0 aromatic carbocycles. The van der Waals surface area contributed by atoms with E-state index in [4.69, 9.17) is 24.8 Å². The van der Waals surface area contributed by atoms with Crippen LogP contribution >= 0.6 is 7.82 Å². The molecule has 73 heavy (non-hydrogen) atoms. The number of rotatable bonds is 44. The van der Waals surface area contributed by atoms with Gasteiger partial charge in [0.15, 0.2) is 6.10 Å².